The highest BCUT2D eigenvalue weighted by molar-refractivity contribution is 5.84. The number of ether oxygens (including phenoxy) is 1. The van der Waals surface area contributed by atoms with Crippen molar-refractivity contribution in [3.8, 4) is 0 Å². The van der Waals surface area contributed by atoms with Gasteiger partial charge in [0.2, 0.25) is 0 Å². The second-order valence-electron chi connectivity index (χ2n) is 5.90. The minimum absolute atomic E-state index is 0.0281. The molecule has 4 nitrogen and oxygen atoms in total. The highest BCUT2D eigenvalue weighted by Crippen LogP contribution is 2.38. The second-order valence-corrected chi connectivity index (χ2v) is 5.90. The Bertz CT molecular complexity index is 772. The fourth-order valence-corrected chi connectivity index (χ4v) is 2.55. The largest absolute Gasteiger partial charge is 0.461 e. The van der Waals surface area contributed by atoms with Gasteiger partial charge in [0.05, 0.1) is 5.92 Å². The van der Waals surface area contributed by atoms with Crippen LogP contribution in [0.1, 0.15) is 30.0 Å². The zero-order valence-electron chi connectivity index (χ0n) is 12.4. The SMILES string of the molecule is Cc1ccc2c(COC(=O)[C@H]3C[C@@H]3C)cc(=O)oc2c1C. The summed E-state index contributed by atoms with van der Waals surface area (Å²) in [5.74, 6) is 0.271. The van der Waals surface area contributed by atoms with Gasteiger partial charge >= 0.3 is 11.6 Å². The third-order valence-electron chi connectivity index (χ3n) is 4.30. The molecule has 0 N–H and O–H groups in total. The first-order chi connectivity index (χ1) is 9.97. The Morgan fingerprint density at radius 3 is 2.76 bits per heavy atom. The lowest BCUT2D eigenvalue weighted by atomic mass is 10.0. The van der Waals surface area contributed by atoms with Crippen LogP contribution in [0.5, 0.6) is 0 Å². The van der Waals surface area contributed by atoms with Gasteiger partial charge in [0, 0.05) is 17.0 Å². The number of carbonyl (C=O) groups is 1. The monoisotopic (exact) mass is 286 g/mol. The van der Waals surface area contributed by atoms with Crippen LogP contribution in [0.25, 0.3) is 11.0 Å². The van der Waals surface area contributed by atoms with E-state index in [1.54, 1.807) is 0 Å². The van der Waals surface area contributed by atoms with Crippen molar-refractivity contribution in [1.29, 1.82) is 0 Å². The average molecular weight is 286 g/mol. The lowest BCUT2D eigenvalue weighted by Gasteiger charge is -2.09. The zero-order valence-corrected chi connectivity index (χ0v) is 12.4. The van der Waals surface area contributed by atoms with E-state index in [1.807, 2.05) is 32.9 Å². The van der Waals surface area contributed by atoms with Crippen LogP contribution in [-0.2, 0) is 16.1 Å². The molecule has 0 aliphatic heterocycles. The van der Waals surface area contributed by atoms with E-state index in [1.165, 1.54) is 6.07 Å². The first kappa shape index (κ1) is 13.9. The molecule has 1 aliphatic carbocycles. The van der Waals surface area contributed by atoms with E-state index < -0.39 is 5.63 Å². The van der Waals surface area contributed by atoms with E-state index in [9.17, 15) is 9.59 Å². The van der Waals surface area contributed by atoms with Gasteiger partial charge in [0.25, 0.3) is 0 Å². The number of fused-ring (bicyclic) bond motifs is 1. The third-order valence-corrected chi connectivity index (χ3v) is 4.30. The van der Waals surface area contributed by atoms with Crippen molar-refractivity contribution in [2.45, 2.75) is 33.8 Å². The average Bonchev–Trinajstić information content (AvgIpc) is 3.17. The maximum atomic E-state index is 11.8. The highest BCUT2D eigenvalue weighted by atomic mass is 16.5. The van der Waals surface area contributed by atoms with E-state index in [2.05, 4.69) is 0 Å². The number of benzene rings is 1. The normalized spacial score (nSPS) is 20.5. The van der Waals surface area contributed by atoms with Crippen molar-refractivity contribution in [2.24, 2.45) is 11.8 Å². The number of aryl methyl sites for hydroxylation is 2. The van der Waals surface area contributed by atoms with Gasteiger partial charge in [-0.05, 0) is 37.3 Å². The fraction of sp³-hybridized carbons (Fsp3) is 0.412. The third kappa shape index (κ3) is 2.58. The summed E-state index contributed by atoms with van der Waals surface area (Å²) in [6.45, 7) is 6.04. The minimum atomic E-state index is -0.415. The van der Waals surface area contributed by atoms with Crippen molar-refractivity contribution in [2.75, 3.05) is 0 Å². The molecule has 4 heteroatoms. The molecule has 1 aromatic heterocycles. The molecule has 0 saturated heterocycles. The maximum absolute atomic E-state index is 11.8. The maximum Gasteiger partial charge on any atom is 0.336 e. The number of esters is 1. The molecule has 2 atom stereocenters. The molecule has 2 aromatic rings. The smallest absolute Gasteiger partial charge is 0.336 e. The van der Waals surface area contributed by atoms with E-state index in [0.29, 0.717) is 17.1 Å². The zero-order chi connectivity index (χ0) is 15.1. The summed E-state index contributed by atoms with van der Waals surface area (Å²) >= 11 is 0. The van der Waals surface area contributed by atoms with Crippen LogP contribution >= 0.6 is 0 Å². The van der Waals surface area contributed by atoms with Crippen molar-refractivity contribution in [3.63, 3.8) is 0 Å². The number of carbonyl (C=O) groups excluding carboxylic acids is 1. The Morgan fingerprint density at radius 2 is 2.10 bits per heavy atom. The lowest BCUT2D eigenvalue weighted by Crippen LogP contribution is -2.10. The van der Waals surface area contributed by atoms with E-state index >= 15 is 0 Å². The summed E-state index contributed by atoms with van der Waals surface area (Å²) in [4.78, 5) is 23.5. The Labute approximate surface area is 122 Å². The molecule has 21 heavy (non-hydrogen) atoms. The van der Waals surface area contributed by atoms with Gasteiger partial charge in [-0.25, -0.2) is 4.79 Å². The topological polar surface area (TPSA) is 56.5 Å². The van der Waals surface area contributed by atoms with Gasteiger partial charge in [0.15, 0.2) is 0 Å². The van der Waals surface area contributed by atoms with Gasteiger partial charge < -0.3 is 9.15 Å². The minimum Gasteiger partial charge on any atom is -0.461 e. The van der Waals surface area contributed by atoms with Crippen LogP contribution in [0.4, 0.5) is 0 Å². The van der Waals surface area contributed by atoms with Crippen LogP contribution in [0.2, 0.25) is 0 Å². The Kier molecular flexibility index (Phi) is 3.32. The first-order valence-corrected chi connectivity index (χ1v) is 7.17. The molecule has 0 spiro atoms. The molecule has 0 bridgehead atoms. The first-order valence-electron chi connectivity index (χ1n) is 7.17. The molecule has 1 fully saturated rings. The van der Waals surface area contributed by atoms with Crippen molar-refractivity contribution < 1.29 is 13.9 Å². The van der Waals surface area contributed by atoms with E-state index in [0.717, 1.165) is 22.9 Å². The van der Waals surface area contributed by atoms with Crippen molar-refractivity contribution in [1.82, 2.24) is 0 Å². The number of rotatable bonds is 3. The fourth-order valence-electron chi connectivity index (χ4n) is 2.55. The molecular formula is C17H18O4. The predicted molar refractivity (Wildman–Crippen MR) is 79.0 cm³/mol. The summed E-state index contributed by atoms with van der Waals surface area (Å²) in [5.41, 5.74) is 2.86. The quantitative estimate of drug-likeness (QED) is 0.642. The van der Waals surface area contributed by atoms with Gasteiger partial charge in [-0.2, -0.15) is 0 Å². The van der Waals surface area contributed by atoms with Crippen LogP contribution in [0.3, 0.4) is 0 Å². The van der Waals surface area contributed by atoms with Gasteiger partial charge in [-0.1, -0.05) is 19.1 Å². The lowest BCUT2D eigenvalue weighted by molar-refractivity contribution is -0.146. The summed E-state index contributed by atoms with van der Waals surface area (Å²) in [7, 11) is 0. The van der Waals surface area contributed by atoms with Crippen LogP contribution in [-0.4, -0.2) is 5.97 Å². The second kappa shape index (κ2) is 5.02. The standard InChI is InChI=1S/C17H18O4/c1-9-4-5-13-12(7-15(18)21-16(13)11(9)3)8-20-17(19)14-6-10(14)2/h4-5,7,10,14H,6,8H2,1-3H3/t10-,14-/m0/s1. The Balaban J connectivity index is 1.93. The molecule has 1 saturated carbocycles. The molecule has 1 aliphatic rings. The van der Waals surface area contributed by atoms with E-state index in [-0.39, 0.29) is 18.5 Å². The van der Waals surface area contributed by atoms with Crippen molar-refractivity contribution in [3.05, 3.63) is 45.3 Å². The summed E-state index contributed by atoms with van der Waals surface area (Å²) in [5, 5.41) is 0.828. The van der Waals surface area contributed by atoms with Crippen LogP contribution in [0, 0.1) is 25.7 Å². The van der Waals surface area contributed by atoms with Crippen molar-refractivity contribution >= 4 is 16.9 Å². The number of hydrogen-bond acceptors (Lipinski definition) is 4. The van der Waals surface area contributed by atoms with Gasteiger partial charge in [-0.3, -0.25) is 4.79 Å². The van der Waals surface area contributed by atoms with Crippen LogP contribution in [0.15, 0.2) is 27.4 Å². The molecular weight excluding hydrogens is 268 g/mol. The molecule has 3 rings (SSSR count). The molecule has 0 unspecified atom stereocenters. The molecule has 110 valence electrons. The molecule has 0 amide bonds. The Morgan fingerprint density at radius 1 is 1.38 bits per heavy atom. The summed E-state index contributed by atoms with van der Waals surface area (Å²) < 4.78 is 10.6. The predicted octanol–water partition coefficient (Wildman–Crippen LogP) is 3.11. The molecule has 0 radical (unpaired) electrons. The Hall–Kier alpha value is -2.10. The molecule has 1 aromatic carbocycles. The van der Waals surface area contributed by atoms with Gasteiger partial charge in [0.1, 0.15) is 12.2 Å². The number of hydrogen-bond donors (Lipinski definition) is 0. The molecule has 1 heterocycles. The van der Waals surface area contributed by atoms with E-state index in [4.69, 9.17) is 9.15 Å². The summed E-state index contributed by atoms with van der Waals surface area (Å²) in [6.07, 6.45) is 0.898. The highest BCUT2D eigenvalue weighted by Gasteiger charge is 2.40. The van der Waals surface area contributed by atoms with Crippen LogP contribution < -0.4 is 5.63 Å². The van der Waals surface area contributed by atoms with Gasteiger partial charge in [-0.15, -0.1) is 0 Å². The summed E-state index contributed by atoms with van der Waals surface area (Å²) in [6, 6.07) is 5.29.